The van der Waals surface area contributed by atoms with E-state index in [9.17, 15) is 8.42 Å². The highest BCUT2D eigenvalue weighted by molar-refractivity contribution is 7.90. The molecule has 146 valence electrons. The molecule has 27 heavy (non-hydrogen) atoms. The minimum atomic E-state index is -3.65. The number of sulfonamides is 1. The van der Waals surface area contributed by atoms with Crippen LogP contribution in [0.1, 0.15) is 17.2 Å². The zero-order valence-corrected chi connectivity index (χ0v) is 16.3. The number of nitrogens with zero attached hydrogens (tertiary/aromatic N) is 2. The molecule has 1 saturated heterocycles. The average Bonchev–Trinajstić information content (AvgIpc) is 3.09. The number of benzene rings is 1. The molecule has 1 aliphatic heterocycles. The Labute approximate surface area is 159 Å². The topological polar surface area (TPSA) is 90.0 Å². The lowest BCUT2D eigenvalue weighted by molar-refractivity contribution is -0.110. The predicted molar refractivity (Wildman–Crippen MR) is 99.8 cm³/mol. The van der Waals surface area contributed by atoms with Crippen LogP contribution in [0.2, 0.25) is 0 Å². The van der Waals surface area contributed by atoms with Gasteiger partial charge in [-0.05, 0) is 29.3 Å². The fourth-order valence-electron chi connectivity index (χ4n) is 3.07. The van der Waals surface area contributed by atoms with Crippen LogP contribution in [0.4, 0.5) is 0 Å². The van der Waals surface area contributed by atoms with Gasteiger partial charge in [-0.1, -0.05) is 6.07 Å². The lowest BCUT2D eigenvalue weighted by Crippen LogP contribution is -2.39. The Morgan fingerprint density at radius 2 is 1.96 bits per heavy atom. The SMILES string of the molecule is COc1cc(OC)cc(C2C(S(=O)(=O)NCc3cccnc3)CON2C)c1. The van der Waals surface area contributed by atoms with Crippen molar-refractivity contribution in [3.8, 4) is 11.5 Å². The van der Waals surface area contributed by atoms with Crippen molar-refractivity contribution in [3.63, 3.8) is 0 Å². The van der Waals surface area contributed by atoms with Crippen LogP contribution < -0.4 is 14.2 Å². The number of nitrogens with one attached hydrogen (secondary N) is 1. The van der Waals surface area contributed by atoms with Crippen molar-refractivity contribution in [2.75, 3.05) is 27.9 Å². The quantitative estimate of drug-likeness (QED) is 0.762. The van der Waals surface area contributed by atoms with Crippen molar-refractivity contribution in [3.05, 3.63) is 53.9 Å². The summed E-state index contributed by atoms with van der Waals surface area (Å²) in [5.74, 6) is 1.17. The number of ether oxygens (including phenoxy) is 2. The fourth-order valence-corrected chi connectivity index (χ4v) is 4.56. The van der Waals surface area contributed by atoms with Gasteiger partial charge in [0.15, 0.2) is 0 Å². The summed E-state index contributed by atoms with van der Waals surface area (Å²) in [6.07, 6.45) is 3.27. The molecular formula is C18H23N3O5S. The minimum absolute atomic E-state index is 0.0586. The van der Waals surface area contributed by atoms with Gasteiger partial charge >= 0.3 is 0 Å². The first kappa shape index (κ1) is 19.6. The molecule has 1 aliphatic rings. The Morgan fingerprint density at radius 3 is 2.56 bits per heavy atom. The second-order valence-electron chi connectivity index (χ2n) is 6.20. The first-order valence-electron chi connectivity index (χ1n) is 8.40. The van der Waals surface area contributed by atoms with Gasteiger partial charge in [0.25, 0.3) is 0 Å². The fraction of sp³-hybridized carbons (Fsp3) is 0.389. The normalized spacial score (nSPS) is 20.6. The molecule has 1 aromatic heterocycles. The largest absolute Gasteiger partial charge is 0.497 e. The molecule has 0 saturated carbocycles. The zero-order valence-electron chi connectivity index (χ0n) is 15.5. The maximum absolute atomic E-state index is 12.9. The lowest BCUT2D eigenvalue weighted by atomic mass is 10.0. The van der Waals surface area contributed by atoms with Crippen molar-refractivity contribution in [1.29, 1.82) is 0 Å². The number of methoxy groups -OCH3 is 2. The standard InChI is InChI=1S/C18H23N3O5S/c1-21-18(14-7-15(24-2)9-16(8-14)25-3)17(12-26-21)27(22,23)20-11-13-5-4-6-19-10-13/h4-10,17-18,20H,11-12H2,1-3H3. The molecule has 2 unspecified atom stereocenters. The van der Waals surface area contributed by atoms with Gasteiger partial charge in [0.05, 0.1) is 26.9 Å². The third kappa shape index (κ3) is 4.38. The lowest BCUT2D eigenvalue weighted by Gasteiger charge is -2.24. The monoisotopic (exact) mass is 393 g/mol. The molecule has 9 heteroatoms. The zero-order chi connectivity index (χ0) is 19.4. The van der Waals surface area contributed by atoms with Crippen LogP contribution in [0.25, 0.3) is 0 Å². The molecule has 1 fully saturated rings. The van der Waals surface area contributed by atoms with E-state index in [1.807, 2.05) is 6.07 Å². The maximum atomic E-state index is 12.9. The average molecular weight is 393 g/mol. The molecule has 8 nitrogen and oxygen atoms in total. The number of aromatic nitrogens is 1. The van der Waals surface area contributed by atoms with Gasteiger partial charge in [-0.2, -0.15) is 5.06 Å². The summed E-state index contributed by atoms with van der Waals surface area (Å²) < 4.78 is 39.2. The molecule has 1 N–H and O–H groups in total. The molecule has 0 spiro atoms. The highest BCUT2D eigenvalue weighted by Crippen LogP contribution is 2.36. The first-order chi connectivity index (χ1) is 12.9. The van der Waals surface area contributed by atoms with Crippen LogP contribution in [0.3, 0.4) is 0 Å². The molecular weight excluding hydrogens is 370 g/mol. The summed E-state index contributed by atoms with van der Waals surface area (Å²) in [6.45, 7) is 0.230. The Morgan fingerprint density at radius 1 is 1.26 bits per heavy atom. The van der Waals surface area contributed by atoms with Gasteiger partial charge in [0, 0.05) is 32.1 Å². The molecule has 2 aromatic rings. The molecule has 2 atom stereocenters. The van der Waals surface area contributed by atoms with Crippen molar-refractivity contribution in [1.82, 2.24) is 14.8 Å². The molecule has 0 radical (unpaired) electrons. The van der Waals surface area contributed by atoms with Gasteiger partial charge in [-0.3, -0.25) is 9.82 Å². The summed E-state index contributed by atoms with van der Waals surface area (Å²) in [7, 11) is 1.17. The Hall–Kier alpha value is -2.20. The van der Waals surface area contributed by atoms with E-state index in [1.54, 1.807) is 63.0 Å². The number of pyridine rings is 1. The van der Waals surface area contributed by atoms with Gasteiger partial charge < -0.3 is 9.47 Å². The van der Waals surface area contributed by atoms with Crippen molar-refractivity contribution < 1.29 is 22.7 Å². The molecule has 0 aliphatic carbocycles. The van der Waals surface area contributed by atoms with E-state index in [2.05, 4.69) is 9.71 Å². The summed E-state index contributed by atoms with van der Waals surface area (Å²) in [4.78, 5) is 9.54. The van der Waals surface area contributed by atoms with Gasteiger partial charge in [-0.25, -0.2) is 13.1 Å². The van der Waals surface area contributed by atoms with E-state index in [0.29, 0.717) is 11.5 Å². The van der Waals surface area contributed by atoms with E-state index < -0.39 is 21.3 Å². The van der Waals surface area contributed by atoms with Crippen LogP contribution in [-0.2, 0) is 21.4 Å². The number of rotatable bonds is 7. The second-order valence-corrected chi connectivity index (χ2v) is 8.18. The molecule has 1 aromatic carbocycles. The van der Waals surface area contributed by atoms with Crippen LogP contribution in [0.15, 0.2) is 42.7 Å². The first-order valence-corrected chi connectivity index (χ1v) is 9.95. The Balaban J connectivity index is 1.86. The summed E-state index contributed by atoms with van der Waals surface area (Å²) in [6, 6.07) is 8.41. The maximum Gasteiger partial charge on any atom is 0.219 e. The van der Waals surface area contributed by atoms with Gasteiger partial charge in [-0.15, -0.1) is 0 Å². The van der Waals surface area contributed by atoms with E-state index in [1.165, 1.54) is 0 Å². The van der Waals surface area contributed by atoms with Gasteiger partial charge in [0.1, 0.15) is 16.7 Å². The van der Waals surface area contributed by atoms with E-state index in [4.69, 9.17) is 14.3 Å². The highest BCUT2D eigenvalue weighted by atomic mass is 32.2. The Bertz CT molecular complexity index is 854. The summed E-state index contributed by atoms with van der Waals surface area (Å²) in [5, 5.41) is 0.776. The van der Waals surface area contributed by atoms with Crippen LogP contribution >= 0.6 is 0 Å². The van der Waals surface area contributed by atoms with E-state index >= 15 is 0 Å². The molecule has 3 rings (SSSR count). The predicted octanol–water partition coefficient (Wildman–Crippen LogP) is 1.51. The third-order valence-electron chi connectivity index (χ3n) is 4.50. The van der Waals surface area contributed by atoms with Crippen LogP contribution in [0, 0.1) is 0 Å². The third-order valence-corrected chi connectivity index (χ3v) is 6.24. The molecule has 0 amide bonds. The van der Waals surface area contributed by atoms with Crippen LogP contribution in [-0.4, -0.2) is 51.6 Å². The number of hydrogen-bond acceptors (Lipinski definition) is 7. The summed E-state index contributed by atoms with van der Waals surface area (Å²) >= 11 is 0. The second kappa shape index (κ2) is 8.22. The number of hydroxylamine groups is 2. The molecule has 2 heterocycles. The van der Waals surface area contributed by atoms with E-state index in [-0.39, 0.29) is 13.2 Å². The minimum Gasteiger partial charge on any atom is -0.497 e. The van der Waals surface area contributed by atoms with Gasteiger partial charge in [0.2, 0.25) is 10.0 Å². The van der Waals surface area contributed by atoms with Crippen molar-refractivity contribution in [2.45, 2.75) is 17.8 Å². The number of hydrogen-bond donors (Lipinski definition) is 1. The van der Waals surface area contributed by atoms with Crippen molar-refractivity contribution >= 4 is 10.0 Å². The van der Waals surface area contributed by atoms with Crippen molar-refractivity contribution in [2.24, 2.45) is 0 Å². The van der Waals surface area contributed by atoms with Crippen LogP contribution in [0.5, 0.6) is 11.5 Å². The Kier molecular flexibility index (Phi) is 5.95. The summed E-state index contributed by atoms with van der Waals surface area (Å²) in [5.41, 5.74) is 1.52. The highest BCUT2D eigenvalue weighted by Gasteiger charge is 2.43. The smallest absolute Gasteiger partial charge is 0.219 e. The van der Waals surface area contributed by atoms with E-state index in [0.717, 1.165) is 11.1 Å². The molecule has 0 bridgehead atoms.